The SMILES string of the molecule is CC.OS(O)(O)C(F)(F)F. The van der Waals surface area contributed by atoms with Gasteiger partial charge in [0, 0.05) is 0 Å². The molecule has 0 fully saturated rings. The fourth-order valence-electron chi connectivity index (χ4n) is 0. The third-order valence-electron chi connectivity index (χ3n) is 0.311. The Kier molecular flexibility index (Phi) is 5.09. The van der Waals surface area contributed by atoms with Crippen LogP contribution in [0.4, 0.5) is 13.2 Å². The van der Waals surface area contributed by atoms with Gasteiger partial charge in [-0.2, -0.15) is 13.2 Å². The Bertz CT molecular complexity index is 74.0. The van der Waals surface area contributed by atoms with Crippen LogP contribution in [-0.4, -0.2) is 19.2 Å². The quantitative estimate of drug-likeness (QED) is 0.539. The van der Waals surface area contributed by atoms with Crippen LogP contribution in [0.25, 0.3) is 0 Å². The smallest absolute Gasteiger partial charge is 0.302 e. The number of rotatable bonds is 0. The summed E-state index contributed by atoms with van der Waals surface area (Å²) in [5.74, 6) is 0. The lowest BCUT2D eigenvalue weighted by atomic mass is 11.0. The minimum atomic E-state index is -5.34. The second kappa shape index (κ2) is 4.02. The van der Waals surface area contributed by atoms with Crippen molar-refractivity contribution >= 4 is 10.9 Å². The first-order valence-corrected chi connectivity index (χ1v) is 3.82. The molecule has 0 amide bonds. The average Bonchev–Trinajstić information content (AvgIpc) is 1.66. The standard InChI is InChI=1S/C2H6.CH3F3O3S/c1-2;2-1(3,4)8(5,6)7/h1-2H3;5-7H. The Morgan fingerprint density at radius 2 is 1.10 bits per heavy atom. The van der Waals surface area contributed by atoms with Crippen molar-refractivity contribution in [3.05, 3.63) is 0 Å². The van der Waals surface area contributed by atoms with Crippen molar-refractivity contribution in [3.8, 4) is 0 Å². The van der Waals surface area contributed by atoms with Crippen LogP contribution in [0.5, 0.6) is 0 Å². The van der Waals surface area contributed by atoms with Gasteiger partial charge in [-0.15, -0.1) is 0 Å². The van der Waals surface area contributed by atoms with Crippen molar-refractivity contribution in [1.29, 1.82) is 0 Å². The van der Waals surface area contributed by atoms with E-state index in [1.54, 1.807) is 0 Å². The lowest BCUT2D eigenvalue weighted by Crippen LogP contribution is -2.17. The van der Waals surface area contributed by atoms with Gasteiger partial charge >= 0.3 is 5.51 Å². The summed E-state index contributed by atoms with van der Waals surface area (Å²) >= 11 is 0. The second-order valence-corrected chi connectivity index (χ2v) is 2.47. The Labute approximate surface area is 58.0 Å². The Morgan fingerprint density at radius 1 is 1.00 bits per heavy atom. The molecule has 0 radical (unpaired) electrons. The van der Waals surface area contributed by atoms with Crippen LogP contribution in [-0.2, 0) is 0 Å². The minimum absolute atomic E-state index is 2.00. The summed E-state index contributed by atoms with van der Waals surface area (Å²) in [6, 6.07) is 0. The zero-order chi connectivity index (χ0) is 9.00. The van der Waals surface area contributed by atoms with E-state index in [1.807, 2.05) is 13.8 Å². The van der Waals surface area contributed by atoms with E-state index in [2.05, 4.69) is 0 Å². The largest absolute Gasteiger partial charge is 0.493 e. The van der Waals surface area contributed by atoms with Crippen LogP contribution < -0.4 is 0 Å². The van der Waals surface area contributed by atoms with Gasteiger partial charge in [0.1, 0.15) is 0 Å². The molecule has 0 aromatic carbocycles. The topological polar surface area (TPSA) is 60.7 Å². The highest BCUT2D eigenvalue weighted by atomic mass is 32.3. The van der Waals surface area contributed by atoms with E-state index in [9.17, 15) is 13.2 Å². The molecule has 0 aliphatic carbocycles. The summed E-state index contributed by atoms with van der Waals surface area (Å²) in [6.07, 6.45) is 0. The third-order valence-corrected chi connectivity index (χ3v) is 0.932. The summed E-state index contributed by atoms with van der Waals surface area (Å²) in [6.45, 7) is 4.00. The van der Waals surface area contributed by atoms with E-state index >= 15 is 0 Å². The zero-order valence-corrected chi connectivity index (χ0v) is 6.20. The molecule has 0 unspecified atom stereocenters. The van der Waals surface area contributed by atoms with E-state index in [-0.39, 0.29) is 0 Å². The van der Waals surface area contributed by atoms with Crippen LogP contribution in [0.1, 0.15) is 13.8 Å². The first kappa shape index (κ1) is 12.7. The third kappa shape index (κ3) is 4.86. The van der Waals surface area contributed by atoms with Crippen LogP contribution in [0.15, 0.2) is 0 Å². The van der Waals surface area contributed by atoms with E-state index in [4.69, 9.17) is 13.7 Å². The molecule has 10 heavy (non-hydrogen) atoms. The molecule has 0 aliphatic rings. The molecule has 0 rings (SSSR count). The van der Waals surface area contributed by atoms with Crippen LogP contribution in [0.2, 0.25) is 0 Å². The molecule has 3 N–H and O–H groups in total. The number of halogens is 3. The average molecular weight is 182 g/mol. The predicted octanol–water partition coefficient (Wildman–Crippen LogP) is 2.76. The predicted molar refractivity (Wildman–Crippen MR) is 32.9 cm³/mol. The molecular weight excluding hydrogens is 173 g/mol. The maximum absolute atomic E-state index is 10.8. The molecule has 0 aromatic rings. The highest BCUT2D eigenvalue weighted by molar-refractivity contribution is 8.20. The molecule has 0 atom stereocenters. The van der Waals surface area contributed by atoms with Crippen molar-refractivity contribution in [3.63, 3.8) is 0 Å². The molecule has 66 valence electrons. The van der Waals surface area contributed by atoms with Gasteiger partial charge in [0.2, 0.25) is 0 Å². The van der Waals surface area contributed by atoms with Gasteiger partial charge in [-0.3, -0.25) is 0 Å². The fraction of sp³-hybridized carbons (Fsp3) is 1.00. The molecule has 0 bridgehead atoms. The van der Waals surface area contributed by atoms with Gasteiger partial charge < -0.3 is 13.7 Å². The molecule has 0 heterocycles. The second-order valence-electron chi connectivity index (χ2n) is 0.965. The van der Waals surface area contributed by atoms with Crippen LogP contribution in [0.3, 0.4) is 0 Å². The Hall–Kier alpha value is 0.0200. The Morgan fingerprint density at radius 3 is 1.10 bits per heavy atom. The molecule has 7 heteroatoms. The van der Waals surface area contributed by atoms with E-state index < -0.39 is 16.4 Å². The van der Waals surface area contributed by atoms with Crippen molar-refractivity contribution in [2.45, 2.75) is 19.4 Å². The summed E-state index contributed by atoms with van der Waals surface area (Å²) in [7, 11) is -5.34. The highest BCUT2D eigenvalue weighted by Gasteiger charge is 2.47. The highest BCUT2D eigenvalue weighted by Crippen LogP contribution is 2.51. The lowest BCUT2D eigenvalue weighted by molar-refractivity contribution is -0.0626. The van der Waals surface area contributed by atoms with E-state index in [0.29, 0.717) is 0 Å². The van der Waals surface area contributed by atoms with Gasteiger partial charge in [-0.05, 0) is 0 Å². The van der Waals surface area contributed by atoms with Gasteiger partial charge in [0.15, 0.2) is 10.9 Å². The van der Waals surface area contributed by atoms with Crippen LogP contribution >= 0.6 is 10.9 Å². The molecule has 3 nitrogen and oxygen atoms in total. The monoisotopic (exact) mass is 182 g/mol. The normalized spacial score (nSPS) is 13.6. The molecule has 0 aliphatic heterocycles. The molecule has 0 aromatic heterocycles. The number of hydrogen-bond donors (Lipinski definition) is 3. The van der Waals surface area contributed by atoms with Gasteiger partial charge in [-0.25, -0.2) is 0 Å². The van der Waals surface area contributed by atoms with Crippen molar-refractivity contribution in [2.75, 3.05) is 0 Å². The first-order chi connectivity index (χ1) is 4.25. The summed E-state index contributed by atoms with van der Waals surface area (Å²) < 4.78 is 54.8. The zero-order valence-electron chi connectivity index (χ0n) is 5.38. The summed E-state index contributed by atoms with van der Waals surface area (Å²) in [4.78, 5) is 0. The molecule has 0 saturated heterocycles. The van der Waals surface area contributed by atoms with Gasteiger partial charge in [0.25, 0.3) is 0 Å². The fourth-order valence-corrected chi connectivity index (χ4v) is 0. The maximum atomic E-state index is 10.8. The molecule has 0 saturated carbocycles. The van der Waals surface area contributed by atoms with Crippen molar-refractivity contribution in [2.24, 2.45) is 0 Å². The molecular formula is C3H9F3O3S. The van der Waals surface area contributed by atoms with Crippen molar-refractivity contribution in [1.82, 2.24) is 0 Å². The first-order valence-electron chi connectivity index (χ1n) is 2.32. The van der Waals surface area contributed by atoms with E-state index in [1.165, 1.54) is 0 Å². The molecule has 0 spiro atoms. The number of alkyl halides is 3. The van der Waals surface area contributed by atoms with Crippen molar-refractivity contribution < 1.29 is 26.8 Å². The van der Waals surface area contributed by atoms with Crippen LogP contribution in [0, 0.1) is 0 Å². The van der Waals surface area contributed by atoms with Gasteiger partial charge in [0.05, 0.1) is 0 Å². The number of hydrogen-bond acceptors (Lipinski definition) is 3. The maximum Gasteiger partial charge on any atom is 0.493 e. The van der Waals surface area contributed by atoms with E-state index in [0.717, 1.165) is 0 Å². The minimum Gasteiger partial charge on any atom is -0.302 e. The summed E-state index contributed by atoms with van der Waals surface area (Å²) in [5.41, 5.74) is -5.31. The lowest BCUT2D eigenvalue weighted by Gasteiger charge is -2.20. The summed E-state index contributed by atoms with van der Waals surface area (Å²) in [5, 5.41) is 0. The van der Waals surface area contributed by atoms with Gasteiger partial charge in [-0.1, -0.05) is 13.8 Å². The Balaban J connectivity index is 0.